The Balaban J connectivity index is 1.95. The fourth-order valence-electron chi connectivity index (χ4n) is 3.63. The van der Waals surface area contributed by atoms with Gasteiger partial charge in [0.15, 0.2) is 6.61 Å². The summed E-state index contributed by atoms with van der Waals surface area (Å²) in [5.74, 6) is -0.120. The predicted octanol–water partition coefficient (Wildman–Crippen LogP) is 6.69. The maximum Gasteiger partial charge on any atom is 0.261 e. The normalized spacial score (nSPS) is 12.1. The summed E-state index contributed by atoms with van der Waals surface area (Å²) in [6.07, 6.45) is 0.337. The van der Waals surface area contributed by atoms with E-state index in [1.165, 1.54) is 0 Å². The molecular formula is C28H29BrCl2N2O3. The molecule has 0 aliphatic heterocycles. The van der Waals surface area contributed by atoms with Gasteiger partial charge >= 0.3 is 0 Å². The van der Waals surface area contributed by atoms with Gasteiger partial charge in [0, 0.05) is 28.5 Å². The third-order valence-electron chi connectivity index (χ3n) is 5.31. The molecule has 3 aromatic carbocycles. The van der Waals surface area contributed by atoms with E-state index in [-0.39, 0.29) is 25.0 Å². The van der Waals surface area contributed by atoms with Crippen molar-refractivity contribution in [3.05, 3.63) is 98.4 Å². The summed E-state index contributed by atoms with van der Waals surface area (Å²) < 4.78 is 6.45. The molecule has 3 aromatic rings. The maximum absolute atomic E-state index is 13.6. The van der Waals surface area contributed by atoms with Gasteiger partial charge < -0.3 is 15.0 Å². The zero-order valence-corrected chi connectivity index (χ0v) is 23.5. The number of benzene rings is 3. The lowest BCUT2D eigenvalue weighted by atomic mass is 10.0. The van der Waals surface area contributed by atoms with Crippen molar-refractivity contribution in [3.8, 4) is 5.75 Å². The maximum atomic E-state index is 13.6. The monoisotopic (exact) mass is 590 g/mol. The van der Waals surface area contributed by atoms with Crippen molar-refractivity contribution in [2.24, 2.45) is 0 Å². The number of rotatable bonds is 9. The van der Waals surface area contributed by atoms with Crippen molar-refractivity contribution >= 4 is 50.9 Å². The average molecular weight is 592 g/mol. The number of ether oxygens (including phenoxy) is 1. The Morgan fingerprint density at radius 2 is 1.67 bits per heavy atom. The number of carbonyl (C=O) groups is 2. The first kappa shape index (κ1) is 28.0. The molecule has 0 spiro atoms. The van der Waals surface area contributed by atoms with Gasteiger partial charge in [0.2, 0.25) is 5.91 Å². The second kappa shape index (κ2) is 12.6. The predicted molar refractivity (Wildman–Crippen MR) is 148 cm³/mol. The molecule has 0 aromatic heterocycles. The Kier molecular flexibility index (Phi) is 9.83. The van der Waals surface area contributed by atoms with Gasteiger partial charge in [-0.05, 0) is 72.1 Å². The highest BCUT2D eigenvalue weighted by atomic mass is 79.9. The van der Waals surface area contributed by atoms with Gasteiger partial charge in [-0.15, -0.1) is 0 Å². The quantitative estimate of drug-likeness (QED) is 0.302. The molecule has 190 valence electrons. The largest absolute Gasteiger partial charge is 0.483 e. The van der Waals surface area contributed by atoms with Gasteiger partial charge in [-0.25, -0.2) is 0 Å². The molecule has 0 aliphatic rings. The van der Waals surface area contributed by atoms with Crippen LogP contribution in [0, 0.1) is 0 Å². The van der Waals surface area contributed by atoms with E-state index in [4.69, 9.17) is 27.9 Å². The van der Waals surface area contributed by atoms with E-state index < -0.39 is 11.6 Å². The molecule has 0 radical (unpaired) electrons. The van der Waals surface area contributed by atoms with Crippen LogP contribution in [0.25, 0.3) is 0 Å². The molecule has 8 heteroatoms. The zero-order chi connectivity index (χ0) is 26.3. The minimum atomic E-state index is -0.785. The lowest BCUT2D eigenvalue weighted by Crippen LogP contribution is -2.55. The fourth-order valence-corrected chi connectivity index (χ4v) is 4.62. The van der Waals surface area contributed by atoms with Crippen LogP contribution in [0.2, 0.25) is 10.0 Å². The van der Waals surface area contributed by atoms with Crippen molar-refractivity contribution in [2.45, 2.75) is 45.3 Å². The van der Waals surface area contributed by atoms with Crippen molar-refractivity contribution in [2.75, 3.05) is 6.61 Å². The lowest BCUT2D eigenvalue weighted by Gasteiger charge is -2.34. The van der Waals surface area contributed by atoms with E-state index >= 15 is 0 Å². The molecule has 2 amide bonds. The summed E-state index contributed by atoms with van der Waals surface area (Å²) in [6, 6.07) is 21.2. The Morgan fingerprint density at radius 3 is 2.31 bits per heavy atom. The van der Waals surface area contributed by atoms with Crippen molar-refractivity contribution in [3.63, 3.8) is 0 Å². The average Bonchev–Trinajstić information content (AvgIpc) is 2.81. The fraction of sp³-hybridized carbons (Fsp3) is 0.286. The van der Waals surface area contributed by atoms with Crippen LogP contribution in [0.5, 0.6) is 5.75 Å². The standard InChI is InChI=1S/C28H29BrCl2N2O3/c1-28(2,3)32-27(35)24(15-19-9-5-4-6-10-19)33(17-20-11-7-8-12-23(20)31)26(34)18-36-25-14-13-21(30)16-22(25)29/h4-14,16,24H,15,17-18H2,1-3H3,(H,32,35). The third-order valence-corrected chi connectivity index (χ3v) is 6.54. The number of hydrogen-bond acceptors (Lipinski definition) is 3. The van der Waals surface area contributed by atoms with Gasteiger partial charge in [0.1, 0.15) is 11.8 Å². The van der Waals surface area contributed by atoms with Crippen LogP contribution >= 0.6 is 39.1 Å². The van der Waals surface area contributed by atoms with E-state index in [1.807, 2.05) is 69.3 Å². The molecule has 5 nitrogen and oxygen atoms in total. The summed E-state index contributed by atoms with van der Waals surface area (Å²) in [4.78, 5) is 28.7. The smallest absolute Gasteiger partial charge is 0.261 e. The minimum absolute atomic E-state index is 0.152. The first-order valence-electron chi connectivity index (χ1n) is 11.5. The van der Waals surface area contributed by atoms with Crippen LogP contribution in [-0.4, -0.2) is 34.9 Å². The highest BCUT2D eigenvalue weighted by Gasteiger charge is 2.32. The molecule has 3 rings (SSSR count). The molecule has 1 atom stereocenters. The van der Waals surface area contributed by atoms with E-state index in [2.05, 4.69) is 21.2 Å². The molecule has 0 heterocycles. The summed E-state index contributed by atoms with van der Waals surface area (Å²) >= 11 is 15.9. The highest BCUT2D eigenvalue weighted by molar-refractivity contribution is 9.10. The number of hydrogen-bond donors (Lipinski definition) is 1. The number of carbonyl (C=O) groups excluding carboxylic acids is 2. The van der Waals surface area contributed by atoms with E-state index in [0.29, 0.717) is 26.7 Å². The Labute approximate surface area is 230 Å². The van der Waals surface area contributed by atoms with Crippen LogP contribution < -0.4 is 10.1 Å². The van der Waals surface area contributed by atoms with Crippen LogP contribution in [0.3, 0.4) is 0 Å². The molecular weight excluding hydrogens is 563 g/mol. The Bertz CT molecular complexity index is 1200. The summed E-state index contributed by atoms with van der Waals surface area (Å²) in [6.45, 7) is 5.61. The van der Waals surface area contributed by atoms with Crippen molar-refractivity contribution in [1.29, 1.82) is 0 Å². The molecule has 1 N–H and O–H groups in total. The first-order valence-corrected chi connectivity index (χ1v) is 13.0. The Hall–Kier alpha value is -2.54. The third kappa shape index (κ3) is 8.26. The van der Waals surface area contributed by atoms with Crippen molar-refractivity contribution in [1.82, 2.24) is 10.2 Å². The van der Waals surface area contributed by atoms with Gasteiger partial charge in [0.05, 0.1) is 4.47 Å². The molecule has 0 saturated carbocycles. The van der Waals surface area contributed by atoms with E-state index in [0.717, 1.165) is 11.1 Å². The van der Waals surface area contributed by atoms with Crippen LogP contribution in [0.1, 0.15) is 31.9 Å². The molecule has 0 bridgehead atoms. The molecule has 0 saturated heterocycles. The van der Waals surface area contributed by atoms with Crippen molar-refractivity contribution < 1.29 is 14.3 Å². The van der Waals surface area contributed by atoms with Crippen LogP contribution in [0.15, 0.2) is 77.3 Å². The zero-order valence-electron chi connectivity index (χ0n) is 20.4. The van der Waals surface area contributed by atoms with Gasteiger partial charge in [0.25, 0.3) is 5.91 Å². The second-order valence-electron chi connectivity index (χ2n) is 9.42. The topological polar surface area (TPSA) is 58.6 Å². The van der Waals surface area contributed by atoms with E-state index in [9.17, 15) is 9.59 Å². The summed E-state index contributed by atoms with van der Waals surface area (Å²) in [5, 5.41) is 4.10. The molecule has 0 aliphatic carbocycles. The summed E-state index contributed by atoms with van der Waals surface area (Å²) in [7, 11) is 0. The molecule has 36 heavy (non-hydrogen) atoms. The van der Waals surface area contributed by atoms with Crippen LogP contribution in [0.4, 0.5) is 0 Å². The number of nitrogens with zero attached hydrogens (tertiary/aromatic N) is 1. The first-order chi connectivity index (χ1) is 17.0. The Morgan fingerprint density at radius 1 is 1.00 bits per heavy atom. The molecule has 1 unspecified atom stereocenters. The highest BCUT2D eigenvalue weighted by Crippen LogP contribution is 2.28. The van der Waals surface area contributed by atoms with Gasteiger partial charge in [-0.1, -0.05) is 71.7 Å². The number of nitrogens with one attached hydrogen (secondary N) is 1. The van der Waals surface area contributed by atoms with Gasteiger partial charge in [-0.3, -0.25) is 9.59 Å². The van der Waals surface area contributed by atoms with Crippen LogP contribution in [-0.2, 0) is 22.6 Å². The number of amides is 2. The molecule has 0 fully saturated rings. The SMILES string of the molecule is CC(C)(C)NC(=O)C(Cc1ccccc1)N(Cc1ccccc1Cl)C(=O)COc1ccc(Cl)cc1Br. The number of halogens is 3. The second-order valence-corrected chi connectivity index (χ2v) is 11.1. The van der Waals surface area contributed by atoms with E-state index in [1.54, 1.807) is 29.2 Å². The summed E-state index contributed by atoms with van der Waals surface area (Å²) in [5.41, 5.74) is 1.20. The lowest BCUT2D eigenvalue weighted by molar-refractivity contribution is -0.143. The van der Waals surface area contributed by atoms with Gasteiger partial charge in [-0.2, -0.15) is 0 Å². The minimum Gasteiger partial charge on any atom is -0.483 e.